The Labute approximate surface area is 679 Å². The van der Waals surface area contributed by atoms with Gasteiger partial charge in [0.25, 0.3) is 11.1 Å². The van der Waals surface area contributed by atoms with Crippen LogP contribution in [0.15, 0.2) is 234 Å². The number of nitrogens with zero attached hydrogens (tertiary/aromatic N) is 12. The molecule has 0 aliphatic rings. The minimum atomic E-state index is -3.81. The molecule has 0 spiro atoms. The zero-order valence-electron chi connectivity index (χ0n) is 55.4. The van der Waals surface area contributed by atoms with Crippen LogP contribution in [-0.4, -0.2) is 168 Å². The zero-order chi connectivity index (χ0) is 80.3. The zero-order valence-corrected chi connectivity index (χ0v) is 68.3. The average Bonchev–Trinajstić information content (AvgIpc) is 1.66. The van der Waals surface area contributed by atoms with E-state index in [2.05, 4.69) is 30.7 Å². The van der Waals surface area contributed by atoms with Crippen LogP contribution in [0.2, 0.25) is 0 Å². The molecule has 0 unspecified atom stereocenters. The van der Waals surface area contributed by atoms with Crippen LogP contribution in [0.25, 0.3) is 11.4 Å². The van der Waals surface area contributed by atoms with Gasteiger partial charge in [-0.15, -0.1) is 5.11 Å². The summed E-state index contributed by atoms with van der Waals surface area (Å²) in [6, 6.07) is 61.9. The van der Waals surface area contributed by atoms with Gasteiger partial charge in [-0.2, -0.15) is 80.6 Å². The van der Waals surface area contributed by atoms with Gasteiger partial charge in [-0.1, -0.05) is 51.3 Å². The number of nitrogen functional groups attached to an aromatic ring is 4. The van der Waals surface area contributed by atoms with E-state index in [1.165, 1.54) is 182 Å². The number of H-pyrrole nitrogens is 2. The third-order valence-corrected chi connectivity index (χ3v) is 15.1. The molecule has 0 saturated heterocycles. The number of sulfonamides is 2. The molecule has 0 aliphatic carbocycles. The second-order valence-electron chi connectivity index (χ2n) is 18.4. The van der Waals surface area contributed by atoms with Crippen molar-refractivity contribution in [2.45, 2.75) is 24.6 Å². The van der Waals surface area contributed by atoms with Gasteiger partial charge in [0.1, 0.15) is 53.6 Å². The number of nitrogens with two attached hydrogens (primary N) is 6. The maximum atomic E-state index is 12.5. The van der Waals surface area contributed by atoms with Crippen LogP contribution in [0.1, 0.15) is 48.5 Å². The maximum absolute atomic E-state index is 12.5. The molecule has 0 amide bonds. The molecular weight excluding hydrogens is 1570 g/mol. The summed E-state index contributed by atoms with van der Waals surface area (Å²) in [7, 11) is -19.2. The predicted molar refractivity (Wildman–Crippen MR) is 404 cm³/mol. The molecule has 46 heteroatoms. The van der Waals surface area contributed by atoms with Crippen molar-refractivity contribution in [3.05, 3.63) is 248 Å². The van der Waals surface area contributed by atoms with Crippen molar-refractivity contribution in [3.8, 4) is 59.3 Å². The summed E-state index contributed by atoms with van der Waals surface area (Å²) >= 11 is 5.78. The quantitative estimate of drug-likeness (QED) is 0.0402. The van der Waals surface area contributed by atoms with Crippen molar-refractivity contribution >= 4 is 190 Å². The van der Waals surface area contributed by atoms with Crippen LogP contribution in [0, 0.1) is 68.0 Å². The first-order chi connectivity index (χ1) is 50.2. The van der Waals surface area contributed by atoms with Crippen molar-refractivity contribution < 1.29 is 60.7 Å². The molecule has 0 atom stereocenters. The molecular formula is C62H56N20Na4O16S6. The van der Waals surface area contributed by atoms with Gasteiger partial charge in [0.15, 0.2) is 17.1 Å². The number of phenols is 2. The number of benzene rings is 8. The second-order valence-corrected chi connectivity index (χ2v) is 26.4. The number of hydrogen-bond acceptors (Lipinski definition) is 30. The Kier molecular flexibility index (Phi) is 48.8. The van der Waals surface area contributed by atoms with Crippen LogP contribution in [0.3, 0.4) is 0 Å². The number of nitrogens with one attached hydrogen (secondary N) is 2. The van der Waals surface area contributed by atoms with Gasteiger partial charge in [0.2, 0.25) is 20.0 Å². The molecule has 10 aromatic rings. The summed E-state index contributed by atoms with van der Waals surface area (Å²) in [6.07, 6.45) is 0. The van der Waals surface area contributed by atoms with Gasteiger partial charge in [0, 0.05) is 17.1 Å². The Morgan fingerprint density at radius 2 is 0.685 bits per heavy atom. The van der Waals surface area contributed by atoms with Crippen molar-refractivity contribution in [1.82, 2.24) is 19.6 Å². The number of aromatic hydroxyl groups is 2. The number of azo groups is 2. The normalized spacial score (nSPS) is 9.52. The van der Waals surface area contributed by atoms with Gasteiger partial charge in [-0.25, -0.2) is 36.5 Å². The topological polar surface area (TPSA) is 669 Å². The van der Waals surface area contributed by atoms with Crippen LogP contribution in [0.5, 0.6) is 11.5 Å². The van der Waals surface area contributed by atoms with E-state index >= 15 is 0 Å². The number of anilines is 4. The first-order valence-corrected chi connectivity index (χ1v) is 53.2. The standard InChI is InChI=1S/C16H12N6O3S.C14H8N4O.C10H8N4O.C8H5N3.C6H8N2O2S.C6H7NO.2CH4.4Na.2O4S2/c17-10-14-15(16(23)22(21-14)12-4-2-1-3-5-12)20-19-11-6-8-13(9-7-11)26(18,24)25;15-8-10-1-2-13(7-11(10)9-16)18-17-12-3-5-14(19)6-4-12;11-6-8-9(12)10(15)14(13-8)7-4-2-1-3-5-7;9-4-6-1-2-8(11)3-7(6)5-10;7-5-1-3-6(4-2-5)11(8,9)10;7-5-1-3-6(8)4-2-5;;;;;;;2*1-5(2)6(3)4/h1-9,21H,(H2,18,24,25);1-7,19H;1-5,13H,12H2;1-3H,11H2;1-4H,7H2,(H2,8,9,10);1-4,8H,7H2;2*1H4;;;;;;. The fourth-order valence-corrected chi connectivity index (χ4v) is 7.80. The molecule has 0 bridgehead atoms. The molecule has 0 radical (unpaired) electrons. The number of primary sulfonamides is 2. The van der Waals surface area contributed by atoms with Crippen molar-refractivity contribution in [2.75, 3.05) is 22.9 Å². The summed E-state index contributed by atoms with van der Waals surface area (Å²) in [5.74, 6) is 0.406. The van der Waals surface area contributed by atoms with E-state index in [1.807, 2.05) is 42.5 Å². The number of hydrogen-bond donors (Lipinski definition) is 10. The molecule has 0 fully saturated rings. The number of para-hydroxylation sites is 2. The molecule has 2 aromatic heterocycles. The number of aromatic amines is 2. The Balaban J connectivity index is 0. The van der Waals surface area contributed by atoms with E-state index in [9.17, 15) is 31.7 Å². The number of rotatable bonds is 8. The molecule has 10 rings (SSSR count). The molecule has 8 aromatic carbocycles. The number of phenolic OH excluding ortho intramolecular Hbond substituents is 2. The predicted octanol–water partition coefficient (Wildman–Crippen LogP) is 5.24. The van der Waals surface area contributed by atoms with E-state index in [4.69, 9.17) is 103 Å². The van der Waals surface area contributed by atoms with Crippen LogP contribution in [0.4, 0.5) is 45.5 Å². The molecule has 540 valence electrons. The molecule has 36 nitrogen and oxygen atoms in total. The molecule has 2 heterocycles. The van der Waals surface area contributed by atoms with Crippen LogP contribution < -0.4 is 44.3 Å². The molecule has 0 aliphatic heterocycles. The van der Waals surface area contributed by atoms with Crippen molar-refractivity contribution in [2.24, 2.45) is 30.7 Å². The van der Waals surface area contributed by atoms with Crippen LogP contribution >= 0.6 is 0 Å². The Morgan fingerprint density at radius 3 is 1.05 bits per heavy atom. The van der Waals surface area contributed by atoms with Gasteiger partial charge in [-0.05, 0) is 158 Å². The van der Waals surface area contributed by atoms with Crippen molar-refractivity contribution in [1.29, 1.82) is 31.6 Å². The van der Waals surface area contributed by atoms with E-state index in [-0.39, 0.29) is 64.5 Å². The van der Waals surface area contributed by atoms with Crippen molar-refractivity contribution in [3.63, 3.8) is 0 Å². The fourth-order valence-electron chi connectivity index (χ4n) is 6.77. The molecule has 108 heavy (non-hydrogen) atoms. The monoisotopic (exact) mass is 1620 g/mol. The number of aromatic nitrogens is 4. The fraction of sp³-hybridized carbons (Fsp3) is 0.0323. The van der Waals surface area contributed by atoms with Crippen LogP contribution in [-0.2, 0) is 57.1 Å². The Bertz CT molecular complexity index is 5760. The van der Waals surface area contributed by atoms with Gasteiger partial charge in [-0.3, -0.25) is 19.8 Å². The summed E-state index contributed by atoms with van der Waals surface area (Å²) < 4.78 is 119. The third kappa shape index (κ3) is 36.4. The second kappa shape index (κ2) is 52.7. The van der Waals surface area contributed by atoms with Gasteiger partial charge >= 0.3 is 124 Å². The summed E-state index contributed by atoms with van der Waals surface area (Å²) in [6.45, 7) is 0. The summed E-state index contributed by atoms with van der Waals surface area (Å²) in [5, 5.41) is 101. The molecule has 0 saturated carbocycles. The van der Waals surface area contributed by atoms with Gasteiger partial charge in [0.05, 0.1) is 60.5 Å². The summed E-state index contributed by atoms with van der Waals surface area (Å²) in [4.78, 5) is 24.1. The average molecular weight is 1620 g/mol. The Hall–Kier alpha value is -10.2. The van der Waals surface area contributed by atoms with E-state index in [0.717, 1.165) is 0 Å². The van der Waals surface area contributed by atoms with Gasteiger partial charge < -0.3 is 33.1 Å². The first-order valence-electron chi connectivity index (χ1n) is 28.8. The molecule has 16 N–H and O–H groups in total. The Morgan fingerprint density at radius 1 is 0.380 bits per heavy atom. The first kappa shape index (κ1) is 99.9. The van der Waals surface area contributed by atoms with E-state index in [1.54, 1.807) is 103 Å². The minimum absolute atomic E-state index is 0. The summed E-state index contributed by atoms with van der Waals surface area (Å²) in [5.41, 5.74) is 25.9. The third-order valence-electron chi connectivity index (χ3n) is 11.5. The number of nitriles is 6. The van der Waals surface area contributed by atoms with E-state index in [0.29, 0.717) is 62.2 Å². The SMILES string of the molecule is C.C.N#Cc1[nH]n(-c2ccccc2)c(=O)c1N.N#Cc1[nH]n(-c2ccccc2)c(=O)c1N=Nc1ccc(S(N)(=O)=O)cc1.N#Cc1ccc(N)cc1C#N.N#Cc1ccc(N=Nc2ccc(O)cc2)cc1C#N.Nc1ccc(O)cc1.Nc1ccc(S(N)(=O)=O)cc1.O=S(=O)=S(=O)=O.O=S(=O)=S(=O)=O.[Na][Na].[Na][Na]. The van der Waals surface area contributed by atoms with E-state index < -0.39 is 68.2 Å².